The van der Waals surface area contributed by atoms with Crippen LogP contribution in [-0.2, 0) is 19.7 Å². The minimum absolute atomic E-state index is 0.225. The minimum atomic E-state index is -0.945. The van der Waals surface area contributed by atoms with Gasteiger partial charge in [0.25, 0.3) is 0 Å². The summed E-state index contributed by atoms with van der Waals surface area (Å²) in [5.74, 6) is -0.0665. The third-order valence-corrected chi connectivity index (χ3v) is 7.06. The molecule has 3 heterocycles. The van der Waals surface area contributed by atoms with E-state index < -0.39 is 11.0 Å². The number of hydrogen-bond acceptors (Lipinski definition) is 6. The normalized spacial score (nSPS) is 16.4. The smallest absolute Gasteiger partial charge is 0.410 e. The summed E-state index contributed by atoms with van der Waals surface area (Å²) in [6, 6.07) is 9.36. The zero-order valence-electron chi connectivity index (χ0n) is 22.2. The molecular weight excluding hydrogens is 492 g/mol. The maximum atomic E-state index is 13.4. The molecule has 0 N–H and O–H groups in total. The highest BCUT2D eigenvalue weighted by Crippen LogP contribution is 2.37. The number of carbonyl (C=O) groups excluding carboxylic acids is 2. The van der Waals surface area contributed by atoms with Crippen molar-refractivity contribution in [3.63, 3.8) is 0 Å². The second-order valence-corrected chi connectivity index (χ2v) is 11.2. The quantitative estimate of drug-likeness (QED) is 0.371. The van der Waals surface area contributed by atoms with Crippen LogP contribution in [0.2, 0.25) is 5.02 Å². The van der Waals surface area contributed by atoms with Crippen molar-refractivity contribution < 1.29 is 19.1 Å². The van der Waals surface area contributed by atoms with Gasteiger partial charge in [0.2, 0.25) is 0 Å². The number of likely N-dealkylation sites (tertiary alicyclic amines) is 1. The number of hydrogen-bond donors (Lipinski definition) is 0. The van der Waals surface area contributed by atoms with Crippen LogP contribution < -0.4 is 0 Å². The molecule has 1 atom stereocenters. The summed E-state index contributed by atoms with van der Waals surface area (Å²) in [5, 5.41) is 5.29. The third kappa shape index (κ3) is 5.90. The summed E-state index contributed by atoms with van der Waals surface area (Å²) in [7, 11) is 0. The zero-order chi connectivity index (χ0) is 26.8. The van der Waals surface area contributed by atoms with E-state index in [9.17, 15) is 9.59 Å². The van der Waals surface area contributed by atoms with E-state index in [1.165, 1.54) is 0 Å². The van der Waals surface area contributed by atoms with E-state index in [1.807, 2.05) is 65.0 Å². The number of benzene rings is 1. The standard InChI is InChI=1S/C28H35ClN4O4/c1-6-36-25(34)28(5,17-19-12-15-32(16-13-19)26(35)37-27(2,3)4)23-11-14-30-24-22(18-31-33(23)24)20-7-9-21(29)10-8-20/h7-11,14,18-19H,6,12-13,15-17H2,1-5H3. The Bertz CT molecular complexity index is 1260. The highest BCUT2D eigenvalue weighted by Gasteiger charge is 2.42. The average Bonchev–Trinajstić information content (AvgIpc) is 3.28. The minimum Gasteiger partial charge on any atom is -0.465 e. The second-order valence-electron chi connectivity index (χ2n) is 10.8. The van der Waals surface area contributed by atoms with Crippen molar-refractivity contribution in [3.8, 4) is 11.1 Å². The number of esters is 1. The molecule has 0 spiro atoms. The molecule has 0 saturated carbocycles. The van der Waals surface area contributed by atoms with Crippen LogP contribution >= 0.6 is 11.6 Å². The molecule has 8 nitrogen and oxygen atoms in total. The van der Waals surface area contributed by atoms with Gasteiger partial charge in [-0.25, -0.2) is 14.3 Å². The molecule has 37 heavy (non-hydrogen) atoms. The molecule has 1 aliphatic rings. The Kier molecular flexibility index (Phi) is 7.78. The number of piperidine rings is 1. The van der Waals surface area contributed by atoms with Gasteiger partial charge in [0.1, 0.15) is 11.0 Å². The predicted molar refractivity (Wildman–Crippen MR) is 143 cm³/mol. The fraction of sp³-hybridized carbons (Fsp3) is 0.500. The van der Waals surface area contributed by atoms with Crippen LogP contribution in [0.25, 0.3) is 16.8 Å². The van der Waals surface area contributed by atoms with Crippen molar-refractivity contribution >= 4 is 29.3 Å². The number of halogens is 1. The van der Waals surface area contributed by atoms with E-state index >= 15 is 0 Å². The van der Waals surface area contributed by atoms with Gasteiger partial charge in [-0.15, -0.1) is 0 Å². The Morgan fingerprint density at radius 2 is 1.76 bits per heavy atom. The highest BCUT2D eigenvalue weighted by molar-refractivity contribution is 6.30. The number of amides is 1. The Labute approximate surface area is 222 Å². The molecule has 198 valence electrons. The summed E-state index contributed by atoms with van der Waals surface area (Å²) < 4.78 is 12.9. The number of aromatic nitrogens is 3. The number of fused-ring (bicyclic) bond motifs is 1. The highest BCUT2D eigenvalue weighted by atomic mass is 35.5. The van der Waals surface area contributed by atoms with Gasteiger partial charge in [-0.3, -0.25) is 4.79 Å². The summed E-state index contributed by atoms with van der Waals surface area (Å²) >= 11 is 6.07. The molecule has 1 unspecified atom stereocenters. The van der Waals surface area contributed by atoms with Gasteiger partial charge in [-0.2, -0.15) is 5.10 Å². The second kappa shape index (κ2) is 10.7. The van der Waals surface area contributed by atoms with Crippen molar-refractivity contribution in [1.29, 1.82) is 0 Å². The van der Waals surface area contributed by atoms with Gasteiger partial charge in [-0.1, -0.05) is 23.7 Å². The lowest BCUT2D eigenvalue weighted by molar-refractivity contribution is -0.150. The van der Waals surface area contributed by atoms with Gasteiger partial charge < -0.3 is 14.4 Å². The molecule has 1 fully saturated rings. The molecule has 4 rings (SSSR count). The lowest BCUT2D eigenvalue weighted by atomic mass is 9.75. The Morgan fingerprint density at radius 3 is 2.38 bits per heavy atom. The van der Waals surface area contributed by atoms with Crippen LogP contribution in [0.1, 0.15) is 59.6 Å². The molecule has 2 aromatic heterocycles. The SMILES string of the molecule is CCOC(=O)C(C)(CC1CCN(C(=O)OC(C)(C)C)CC1)c1ccnc2c(-c3ccc(Cl)cc3)cnn12. The van der Waals surface area contributed by atoms with Crippen molar-refractivity contribution in [1.82, 2.24) is 19.5 Å². The fourth-order valence-electron chi connectivity index (χ4n) is 4.95. The summed E-state index contributed by atoms with van der Waals surface area (Å²) in [4.78, 5) is 32.3. The van der Waals surface area contributed by atoms with Gasteiger partial charge in [0.15, 0.2) is 5.65 Å². The summed E-state index contributed by atoms with van der Waals surface area (Å²) in [6.45, 7) is 10.8. The van der Waals surface area contributed by atoms with E-state index in [0.717, 1.165) is 29.7 Å². The van der Waals surface area contributed by atoms with Crippen LogP contribution in [-0.4, -0.2) is 56.9 Å². The molecule has 1 amide bonds. The molecule has 0 radical (unpaired) electrons. The first-order valence-electron chi connectivity index (χ1n) is 12.8. The monoisotopic (exact) mass is 526 g/mol. The van der Waals surface area contributed by atoms with E-state index in [-0.39, 0.29) is 24.6 Å². The van der Waals surface area contributed by atoms with Crippen molar-refractivity contribution in [2.24, 2.45) is 5.92 Å². The first-order chi connectivity index (χ1) is 17.5. The Hall–Kier alpha value is -3.13. The molecule has 0 aliphatic carbocycles. The van der Waals surface area contributed by atoms with Crippen LogP contribution in [0.15, 0.2) is 42.7 Å². The molecular formula is C28H35ClN4O4. The van der Waals surface area contributed by atoms with E-state index in [0.29, 0.717) is 30.2 Å². The predicted octanol–water partition coefficient (Wildman–Crippen LogP) is 5.91. The third-order valence-electron chi connectivity index (χ3n) is 6.81. The van der Waals surface area contributed by atoms with Gasteiger partial charge in [0.05, 0.1) is 18.5 Å². The molecule has 9 heteroatoms. The lowest BCUT2D eigenvalue weighted by Crippen LogP contribution is -2.44. The van der Waals surface area contributed by atoms with Crippen molar-refractivity contribution in [2.75, 3.05) is 19.7 Å². The summed E-state index contributed by atoms with van der Waals surface area (Å²) in [5.41, 5.74) is 1.71. The first kappa shape index (κ1) is 26.9. The molecule has 1 aromatic carbocycles. The number of carbonyl (C=O) groups is 2. The zero-order valence-corrected chi connectivity index (χ0v) is 22.9. The Balaban J connectivity index is 1.61. The molecule has 1 saturated heterocycles. The van der Waals surface area contributed by atoms with Crippen LogP contribution in [0.4, 0.5) is 4.79 Å². The Morgan fingerprint density at radius 1 is 1.08 bits per heavy atom. The summed E-state index contributed by atoms with van der Waals surface area (Å²) in [6.07, 6.45) is 5.31. The van der Waals surface area contributed by atoms with E-state index in [4.69, 9.17) is 21.1 Å². The lowest BCUT2D eigenvalue weighted by Gasteiger charge is -2.37. The van der Waals surface area contributed by atoms with Gasteiger partial charge in [0, 0.05) is 29.9 Å². The van der Waals surface area contributed by atoms with Crippen LogP contribution in [0.3, 0.4) is 0 Å². The largest absolute Gasteiger partial charge is 0.465 e. The first-order valence-corrected chi connectivity index (χ1v) is 13.1. The maximum absolute atomic E-state index is 13.4. The topological polar surface area (TPSA) is 86.0 Å². The van der Waals surface area contributed by atoms with E-state index in [1.54, 1.807) is 21.8 Å². The van der Waals surface area contributed by atoms with Crippen molar-refractivity contribution in [3.05, 3.63) is 53.4 Å². The fourth-order valence-corrected chi connectivity index (χ4v) is 5.07. The maximum Gasteiger partial charge on any atom is 0.410 e. The molecule has 1 aliphatic heterocycles. The number of rotatable bonds is 6. The van der Waals surface area contributed by atoms with Gasteiger partial charge >= 0.3 is 12.1 Å². The van der Waals surface area contributed by atoms with Gasteiger partial charge in [-0.05, 0) is 83.6 Å². The van der Waals surface area contributed by atoms with Crippen LogP contribution in [0, 0.1) is 5.92 Å². The van der Waals surface area contributed by atoms with E-state index in [2.05, 4.69) is 10.1 Å². The van der Waals surface area contributed by atoms with Crippen molar-refractivity contribution in [2.45, 2.75) is 64.9 Å². The molecule has 3 aromatic rings. The molecule has 0 bridgehead atoms. The number of nitrogens with zero attached hydrogens (tertiary/aromatic N) is 4. The average molecular weight is 527 g/mol. The van der Waals surface area contributed by atoms with Crippen LogP contribution in [0.5, 0.6) is 0 Å². The number of ether oxygens (including phenoxy) is 2.